The Hall–Kier alpha value is -1.29. The van der Waals surface area contributed by atoms with Crippen LogP contribution >= 0.6 is 0 Å². The zero-order valence-corrected chi connectivity index (χ0v) is 11.0. The van der Waals surface area contributed by atoms with Gasteiger partial charge in [-0.15, -0.1) is 0 Å². The molecule has 1 N–H and O–H groups in total. The molecule has 1 aromatic rings. The lowest BCUT2D eigenvalue weighted by molar-refractivity contribution is 0.203. The summed E-state index contributed by atoms with van der Waals surface area (Å²) in [5, 5.41) is 2.92. The molecule has 0 heterocycles. The minimum absolute atomic E-state index is 0.207. The first-order chi connectivity index (χ1) is 8.10. The third kappa shape index (κ3) is 3.60. The highest BCUT2D eigenvalue weighted by atomic mass is 19.1. The molecular formula is C13H21FN2O. The van der Waals surface area contributed by atoms with Crippen LogP contribution in [-0.4, -0.2) is 33.4 Å². The number of anilines is 2. The molecule has 0 radical (unpaired) electrons. The van der Waals surface area contributed by atoms with Gasteiger partial charge in [0, 0.05) is 32.4 Å². The first kappa shape index (κ1) is 13.8. The van der Waals surface area contributed by atoms with E-state index in [4.69, 9.17) is 4.74 Å². The van der Waals surface area contributed by atoms with Gasteiger partial charge in [-0.1, -0.05) is 0 Å². The summed E-state index contributed by atoms with van der Waals surface area (Å²) in [6.45, 7) is 5.36. The van der Waals surface area contributed by atoms with Gasteiger partial charge in [0.1, 0.15) is 5.82 Å². The van der Waals surface area contributed by atoms with Crippen molar-refractivity contribution >= 4 is 11.4 Å². The second-order valence-corrected chi connectivity index (χ2v) is 4.20. The first-order valence-corrected chi connectivity index (χ1v) is 5.83. The SMILES string of the molecule is CNc1ccc(N(CCOC)C(C)C)c(F)c1. The van der Waals surface area contributed by atoms with Crippen LogP contribution in [0.5, 0.6) is 0 Å². The third-order valence-corrected chi connectivity index (χ3v) is 2.71. The molecule has 0 amide bonds. The quantitative estimate of drug-likeness (QED) is 0.827. The Kier molecular flexibility index (Phi) is 5.22. The van der Waals surface area contributed by atoms with Crippen LogP contribution in [0.2, 0.25) is 0 Å². The molecule has 3 nitrogen and oxygen atoms in total. The van der Waals surface area contributed by atoms with E-state index < -0.39 is 0 Å². The van der Waals surface area contributed by atoms with Crippen molar-refractivity contribution in [1.29, 1.82) is 0 Å². The van der Waals surface area contributed by atoms with Gasteiger partial charge in [0.15, 0.2) is 0 Å². The van der Waals surface area contributed by atoms with Crippen LogP contribution < -0.4 is 10.2 Å². The van der Waals surface area contributed by atoms with Crippen LogP contribution in [0.4, 0.5) is 15.8 Å². The molecule has 17 heavy (non-hydrogen) atoms. The highest BCUT2D eigenvalue weighted by Crippen LogP contribution is 2.24. The molecule has 0 aliphatic carbocycles. The maximum atomic E-state index is 14.0. The summed E-state index contributed by atoms with van der Waals surface area (Å²) >= 11 is 0. The van der Waals surface area contributed by atoms with E-state index in [0.29, 0.717) is 18.8 Å². The smallest absolute Gasteiger partial charge is 0.148 e. The molecule has 4 heteroatoms. The van der Waals surface area contributed by atoms with Gasteiger partial charge in [-0.2, -0.15) is 0 Å². The molecule has 0 unspecified atom stereocenters. The highest BCUT2D eigenvalue weighted by molar-refractivity contribution is 5.56. The lowest BCUT2D eigenvalue weighted by atomic mass is 10.2. The van der Waals surface area contributed by atoms with Crippen molar-refractivity contribution in [2.75, 3.05) is 37.5 Å². The number of rotatable bonds is 6. The molecule has 0 saturated carbocycles. The Morgan fingerprint density at radius 1 is 1.41 bits per heavy atom. The van der Waals surface area contributed by atoms with Crippen molar-refractivity contribution in [3.63, 3.8) is 0 Å². The summed E-state index contributed by atoms with van der Waals surface area (Å²) in [6, 6.07) is 5.43. The molecular weight excluding hydrogens is 219 g/mol. The largest absolute Gasteiger partial charge is 0.388 e. The minimum Gasteiger partial charge on any atom is -0.388 e. The second kappa shape index (κ2) is 6.45. The number of hydrogen-bond acceptors (Lipinski definition) is 3. The maximum Gasteiger partial charge on any atom is 0.148 e. The summed E-state index contributed by atoms with van der Waals surface area (Å²) < 4.78 is 19.0. The van der Waals surface area contributed by atoms with Gasteiger partial charge in [0.2, 0.25) is 0 Å². The molecule has 96 valence electrons. The van der Waals surface area contributed by atoms with E-state index in [1.807, 2.05) is 24.8 Å². The topological polar surface area (TPSA) is 24.5 Å². The van der Waals surface area contributed by atoms with E-state index in [-0.39, 0.29) is 11.9 Å². The van der Waals surface area contributed by atoms with Gasteiger partial charge in [-0.25, -0.2) is 4.39 Å². The summed E-state index contributed by atoms with van der Waals surface area (Å²) in [5.74, 6) is -0.207. The predicted octanol–water partition coefficient (Wildman–Crippen LogP) is 2.73. The molecule has 0 saturated heterocycles. The third-order valence-electron chi connectivity index (χ3n) is 2.71. The standard InChI is InChI=1S/C13H21FN2O/c1-10(2)16(7-8-17-4)13-6-5-11(15-3)9-12(13)14/h5-6,9-10,15H,7-8H2,1-4H3. The van der Waals surface area contributed by atoms with Crippen LogP contribution in [0.1, 0.15) is 13.8 Å². The van der Waals surface area contributed by atoms with Gasteiger partial charge in [0.05, 0.1) is 12.3 Å². The predicted molar refractivity (Wildman–Crippen MR) is 70.3 cm³/mol. The Balaban J connectivity index is 2.93. The Morgan fingerprint density at radius 2 is 2.12 bits per heavy atom. The van der Waals surface area contributed by atoms with Crippen molar-refractivity contribution in [3.05, 3.63) is 24.0 Å². The molecule has 0 aliphatic heterocycles. The number of nitrogens with zero attached hydrogens (tertiary/aromatic N) is 1. The fourth-order valence-electron chi connectivity index (χ4n) is 1.74. The molecule has 1 aromatic carbocycles. The Labute approximate surface area is 103 Å². The van der Waals surface area contributed by atoms with Gasteiger partial charge in [-0.05, 0) is 32.0 Å². The van der Waals surface area contributed by atoms with Crippen LogP contribution in [0.15, 0.2) is 18.2 Å². The summed E-state index contributed by atoms with van der Waals surface area (Å²) in [6.07, 6.45) is 0. The van der Waals surface area contributed by atoms with Crippen molar-refractivity contribution < 1.29 is 9.13 Å². The zero-order chi connectivity index (χ0) is 12.8. The second-order valence-electron chi connectivity index (χ2n) is 4.20. The molecule has 0 aromatic heterocycles. The normalized spacial score (nSPS) is 10.7. The fourth-order valence-corrected chi connectivity index (χ4v) is 1.74. The maximum absolute atomic E-state index is 14.0. The Bertz CT molecular complexity index is 355. The van der Waals surface area contributed by atoms with Crippen molar-refractivity contribution in [2.24, 2.45) is 0 Å². The van der Waals surface area contributed by atoms with E-state index in [1.54, 1.807) is 20.2 Å². The molecule has 0 atom stereocenters. The van der Waals surface area contributed by atoms with E-state index in [0.717, 1.165) is 5.69 Å². The Morgan fingerprint density at radius 3 is 2.59 bits per heavy atom. The monoisotopic (exact) mass is 240 g/mol. The van der Waals surface area contributed by atoms with Crippen LogP contribution in [0.3, 0.4) is 0 Å². The van der Waals surface area contributed by atoms with Crippen LogP contribution in [0.25, 0.3) is 0 Å². The van der Waals surface area contributed by atoms with Crippen molar-refractivity contribution in [1.82, 2.24) is 0 Å². The fraction of sp³-hybridized carbons (Fsp3) is 0.538. The summed E-state index contributed by atoms with van der Waals surface area (Å²) in [5.41, 5.74) is 1.40. The average molecular weight is 240 g/mol. The van der Waals surface area contributed by atoms with Crippen LogP contribution in [0, 0.1) is 5.82 Å². The number of methoxy groups -OCH3 is 1. The molecule has 0 aliphatic rings. The molecule has 0 fully saturated rings. The summed E-state index contributed by atoms with van der Waals surface area (Å²) in [7, 11) is 3.43. The van der Waals surface area contributed by atoms with E-state index in [2.05, 4.69) is 5.32 Å². The summed E-state index contributed by atoms with van der Waals surface area (Å²) in [4.78, 5) is 2.00. The molecule has 0 bridgehead atoms. The van der Waals surface area contributed by atoms with Crippen LogP contribution in [-0.2, 0) is 4.74 Å². The molecule has 0 spiro atoms. The lowest BCUT2D eigenvalue weighted by Crippen LogP contribution is -2.34. The van der Waals surface area contributed by atoms with E-state index in [9.17, 15) is 4.39 Å². The number of nitrogens with one attached hydrogen (secondary N) is 1. The van der Waals surface area contributed by atoms with Gasteiger partial charge < -0.3 is 15.0 Å². The van der Waals surface area contributed by atoms with E-state index >= 15 is 0 Å². The lowest BCUT2D eigenvalue weighted by Gasteiger charge is -2.29. The molecule has 1 rings (SSSR count). The van der Waals surface area contributed by atoms with Gasteiger partial charge in [-0.3, -0.25) is 0 Å². The van der Waals surface area contributed by atoms with Crippen molar-refractivity contribution in [2.45, 2.75) is 19.9 Å². The number of benzene rings is 1. The highest BCUT2D eigenvalue weighted by Gasteiger charge is 2.14. The van der Waals surface area contributed by atoms with Gasteiger partial charge in [0.25, 0.3) is 0 Å². The van der Waals surface area contributed by atoms with Crippen molar-refractivity contribution in [3.8, 4) is 0 Å². The average Bonchev–Trinajstić information content (AvgIpc) is 2.30. The zero-order valence-electron chi connectivity index (χ0n) is 11.0. The number of hydrogen-bond donors (Lipinski definition) is 1. The minimum atomic E-state index is -0.207. The number of halogens is 1. The number of ether oxygens (including phenoxy) is 1. The van der Waals surface area contributed by atoms with Gasteiger partial charge >= 0.3 is 0 Å². The first-order valence-electron chi connectivity index (χ1n) is 5.83. The van der Waals surface area contributed by atoms with E-state index in [1.165, 1.54) is 6.07 Å².